The van der Waals surface area contributed by atoms with Crippen LogP contribution in [0.2, 0.25) is 0 Å². The third kappa shape index (κ3) is 4.66. The van der Waals surface area contributed by atoms with E-state index in [1.165, 1.54) is 17.0 Å². The predicted molar refractivity (Wildman–Crippen MR) is 124 cm³/mol. The van der Waals surface area contributed by atoms with E-state index in [1.807, 2.05) is 36.4 Å². The average molecular weight is 463 g/mol. The number of amides is 2. The van der Waals surface area contributed by atoms with Crippen LogP contribution in [0.15, 0.2) is 65.1 Å². The van der Waals surface area contributed by atoms with Gasteiger partial charge < -0.3 is 24.5 Å². The Balaban J connectivity index is 1.36. The zero-order valence-electron chi connectivity index (χ0n) is 19.0. The first-order chi connectivity index (χ1) is 16.4. The summed E-state index contributed by atoms with van der Waals surface area (Å²) >= 11 is 0. The summed E-state index contributed by atoms with van der Waals surface area (Å²) in [6, 6.07) is 18.2. The third-order valence-corrected chi connectivity index (χ3v) is 5.98. The maximum atomic E-state index is 12.8. The number of hydrogen-bond acceptors (Lipinski definition) is 5. The van der Waals surface area contributed by atoms with Crippen molar-refractivity contribution >= 4 is 18.0 Å². The van der Waals surface area contributed by atoms with Crippen LogP contribution in [0.25, 0.3) is 11.1 Å². The number of likely N-dealkylation sites (N-methyl/N-ethyl adjacent to an activating group) is 1. The highest BCUT2D eigenvalue weighted by molar-refractivity contribution is 5.86. The minimum absolute atomic E-state index is 0.0704. The number of furan rings is 1. The van der Waals surface area contributed by atoms with E-state index in [1.54, 1.807) is 14.0 Å². The van der Waals surface area contributed by atoms with E-state index in [-0.39, 0.29) is 30.7 Å². The maximum Gasteiger partial charge on any atom is 0.407 e. The Hall–Kier alpha value is -4.07. The molecule has 8 heteroatoms. The Kier molecular flexibility index (Phi) is 6.67. The van der Waals surface area contributed by atoms with Crippen LogP contribution in [0, 0.1) is 0 Å². The molecule has 0 bridgehead atoms. The monoisotopic (exact) mass is 462 g/mol. The molecule has 2 amide bonds. The van der Waals surface area contributed by atoms with Crippen LogP contribution in [0.5, 0.6) is 0 Å². The number of fused-ring (bicyclic) bond motifs is 3. The number of hydrogen-bond donors (Lipinski definition) is 2. The van der Waals surface area contributed by atoms with Crippen LogP contribution in [0.3, 0.4) is 0 Å². The number of carbonyl (C=O) groups is 3. The Morgan fingerprint density at radius 2 is 1.65 bits per heavy atom. The van der Waals surface area contributed by atoms with Gasteiger partial charge >= 0.3 is 12.1 Å². The van der Waals surface area contributed by atoms with Gasteiger partial charge in [0.25, 0.3) is 0 Å². The highest BCUT2D eigenvalue weighted by Crippen LogP contribution is 2.44. The number of carbonyl (C=O) groups excluding carboxylic acids is 2. The zero-order chi connectivity index (χ0) is 24.2. The molecule has 8 nitrogen and oxygen atoms in total. The summed E-state index contributed by atoms with van der Waals surface area (Å²) in [6.45, 7) is 2.02. The maximum absolute atomic E-state index is 12.8. The van der Waals surface area contributed by atoms with Crippen LogP contribution in [-0.2, 0) is 16.1 Å². The molecule has 0 spiro atoms. The fourth-order valence-electron chi connectivity index (χ4n) is 4.28. The summed E-state index contributed by atoms with van der Waals surface area (Å²) in [5.74, 6) is -1.43. The molecular formula is C26H26N2O6. The van der Waals surface area contributed by atoms with Crippen molar-refractivity contribution in [2.45, 2.75) is 31.8 Å². The summed E-state index contributed by atoms with van der Waals surface area (Å²) < 4.78 is 10.8. The topological polar surface area (TPSA) is 109 Å². The van der Waals surface area contributed by atoms with Gasteiger partial charge in [-0.15, -0.1) is 0 Å². The zero-order valence-corrected chi connectivity index (χ0v) is 19.0. The minimum atomic E-state index is -1.18. The molecule has 1 aliphatic carbocycles. The summed E-state index contributed by atoms with van der Waals surface area (Å²) in [5, 5.41) is 11.6. The Morgan fingerprint density at radius 3 is 2.21 bits per heavy atom. The molecule has 1 aromatic heterocycles. The molecule has 2 aromatic carbocycles. The normalized spacial score (nSPS) is 13.0. The van der Waals surface area contributed by atoms with E-state index in [0.29, 0.717) is 12.2 Å². The van der Waals surface area contributed by atoms with E-state index in [0.717, 1.165) is 22.3 Å². The summed E-state index contributed by atoms with van der Waals surface area (Å²) in [7, 11) is 1.56. The van der Waals surface area contributed by atoms with Gasteiger partial charge in [-0.05, 0) is 40.8 Å². The number of rotatable bonds is 8. The molecule has 0 fully saturated rings. The van der Waals surface area contributed by atoms with Crippen LogP contribution in [0.4, 0.5) is 4.79 Å². The molecular weight excluding hydrogens is 436 g/mol. The van der Waals surface area contributed by atoms with E-state index in [4.69, 9.17) is 14.3 Å². The molecule has 0 saturated carbocycles. The second-order valence-corrected chi connectivity index (χ2v) is 8.20. The van der Waals surface area contributed by atoms with Gasteiger partial charge in [-0.1, -0.05) is 55.5 Å². The number of carboxylic acids is 1. The summed E-state index contributed by atoms with van der Waals surface area (Å²) in [4.78, 5) is 37.8. The van der Waals surface area contributed by atoms with Crippen molar-refractivity contribution in [2.24, 2.45) is 0 Å². The van der Waals surface area contributed by atoms with E-state index >= 15 is 0 Å². The minimum Gasteiger partial charge on any atom is -0.475 e. The van der Waals surface area contributed by atoms with E-state index in [2.05, 4.69) is 17.4 Å². The third-order valence-electron chi connectivity index (χ3n) is 5.98. The first-order valence-electron chi connectivity index (χ1n) is 11.1. The number of aromatic carboxylic acids is 1. The standard InChI is InChI=1S/C26H26N2O6/c1-3-22(24(29)28(2)14-16-12-13-23(34-16)25(30)31)27-26(32)33-15-21-19-10-6-4-8-17(19)18-9-5-7-11-20(18)21/h4-13,21-22H,3,14-15H2,1-2H3,(H,27,32)(H,30,31)/t22-/m0/s1. The molecule has 176 valence electrons. The van der Waals surface area contributed by atoms with E-state index < -0.39 is 18.1 Å². The molecule has 0 saturated heterocycles. The van der Waals surface area contributed by atoms with Crippen LogP contribution < -0.4 is 5.32 Å². The first kappa shape index (κ1) is 23.1. The molecule has 0 unspecified atom stereocenters. The number of alkyl carbamates (subject to hydrolysis) is 1. The van der Waals surface area contributed by atoms with Crippen molar-refractivity contribution in [3.63, 3.8) is 0 Å². The van der Waals surface area contributed by atoms with Gasteiger partial charge in [-0.3, -0.25) is 4.79 Å². The molecule has 1 atom stereocenters. The molecule has 0 aliphatic heterocycles. The van der Waals surface area contributed by atoms with Crippen molar-refractivity contribution in [3.8, 4) is 11.1 Å². The first-order valence-corrected chi connectivity index (χ1v) is 11.1. The molecule has 2 N–H and O–H groups in total. The van der Waals surface area contributed by atoms with Crippen molar-refractivity contribution in [3.05, 3.63) is 83.3 Å². The molecule has 34 heavy (non-hydrogen) atoms. The lowest BCUT2D eigenvalue weighted by molar-refractivity contribution is -0.132. The van der Waals surface area contributed by atoms with Gasteiger partial charge in [-0.25, -0.2) is 9.59 Å². The van der Waals surface area contributed by atoms with E-state index in [9.17, 15) is 14.4 Å². The predicted octanol–water partition coefficient (Wildman–Crippen LogP) is 4.25. The summed E-state index contributed by atoms with van der Waals surface area (Å²) in [6.07, 6.45) is -0.298. The number of ether oxygens (including phenoxy) is 1. The fraction of sp³-hybridized carbons (Fsp3) is 0.269. The van der Waals surface area contributed by atoms with Gasteiger partial charge in [0.05, 0.1) is 6.54 Å². The van der Waals surface area contributed by atoms with Crippen LogP contribution >= 0.6 is 0 Å². The van der Waals surface area contributed by atoms with Gasteiger partial charge in [-0.2, -0.15) is 0 Å². The van der Waals surface area contributed by atoms with Crippen LogP contribution in [-0.4, -0.2) is 47.7 Å². The number of carboxylic acid groups (broad SMARTS) is 1. The highest BCUT2D eigenvalue weighted by atomic mass is 16.5. The van der Waals surface area contributed by atoms with Crippen molar-refractivity contribution in [1.29, 1.82) is 0 Å². The lowest BCUT2D eigenvalue weighted by atomic mass is 9.98. The summed E-state index contributed by atoms with van der Waals surface area (Å²) in [5.41, 5.74) is 4.50. The molecule has 1 aliphatic rings. The van der Waals surface area contributed by atoms with Crippen molar-refractivity contribution < 1.29 is 28.6 Å². The molecule has 3 aromatic rings. The molecule has 1 heterocycles. The van der Waals surface area contributed by atoms with Crippen molar-refractivity contribution in [1.82, 2.24) is 10.2 Å². The highest BCUT2D eigenvalue weighted by Gasteiger charge is 2.30. The van der Waals surface area contributed by atoms with Crippen LogP contribution in [0.1, 0.15) is 46.7 Å². The number of benzene rings is 2. The number of nitrogens with one attached hydrogen (secondary N) is 1. The van der Waals surface area contributed by atoms with Gasteiger partial charge in [0, 0.05) is 13.0 Å². The number of nitrogens with zero attached hydrogens (tertiary/aromatic N) is 1. The second kappa shape index (κ2) is 9.82. The second-order valence-electron chi connectivity index (χ2n) is 8.20. The molecule has 4 rings (SSSR count). The van der Waals surface area contributed by atoms with Gasteiger partial charge in [0.1, 0.15) is 18.4 Å². The lowest BCUT2D eigenvalue weighted by Crippen LogP contribution is -2.47. The lowest BCUT2D eigenvalue weighted by Gasteiger charge is -2.23. The van der Waals surface area contributed by atoms with Crippen molar-refractivity contribution in [2.75, 3.05) is 13.7 Å². The van der Waals surface area contributed by atoms with Gasteiger partial charge in [0.15, 0.2) is 0 Å². The Labute approximate surface area is 197 Å². The Morgan fingerprint density at radius 1 is 1.03 bits per heavy atom. The SMILES string of the molecule is CC[C@H](NC(=O)OCC1c2ccccc2-c2ccccc21)C(=O)N(C)Cc1ccc(C(=O)O)o1. The average Bonchev–Trinajstić information content (AvgIpc) is 3.43. The largest absolute Gasteiger partial charge is 0.475 e. The quantitative estimate of drug-likeness (QED) is 0.518. The van der Waals surface area contributed by atoms with Gasteiger partial charge in [0.2, 0.25) is 11.7 Å². The Bertz CT molecular complexity index is 1170. The smallest absolute Gasteiger partial charge is 0.407 e. The fourth-order valence-corrected chi connectivity index (χ4v) is 4.28. The molecule has 0 radical (unpaired) electrons.